The van der Waals surface area contributed by atoms with Gasteiger partial charge in [0.2, 0.25) is 0 Å². The number of ether oxygens (including phenoxy) is 2. The monoisotopic (exact) mass is 388 g/mol. The van der Waals surface area contributed by atoms with E-state index in [2.05, 4.69) is 0 Å². The SMILES string of the molecule is CC(=O)CCc1cc(F)c(OCc2cccc(Oc3cccs3)c2)c(F)c1. The number of carbonyl (C=O) groups excluding carboxylic acids is 1. The number of Topliss-reactive ketones (excluding diaryl/α,β-unsaturated/α-hetero) is 1. The smallest absolute Gasteiger partial charge is 0.191 e. The normalized spacial score (nSPS) is 10.6. The number of thiophene rings is 1. The van der Waals surface area contributed by atoms with Crippen LogP contribution in [0.15, 0.2) is 53.9 Å². The highest BCUT2D eigenvalue weighted by molar-refractivity contribution is 7.11. The summed E-state index contributed by atoms with van der Waals surface area (Å²) in [6, 6.07) is 13.3. The minimum Gasteiger partial charge on any atom is -0.483 e. The van der Waals surface area contributed by atoms with Crippen molar-refractivity contribution in [3.8, 4) is 16.6 Å². The second-order valence-electron chi connectivity index (χ2n) is 6.06. The first-order valence-corrected chi connectivity index (χ1v) is 9.29. The Hall–Kier alpha value is -2.73. The highest BCUT2D eigenvalue weighted by Gasteiger charge is 2.13. The number of benzene rings is 2. The van der Waals surface area contributed by atoms with Gasteiger partial charge in [-0.3, -0.25) is 0 Å². The van der Waals surface area contributed by atoms with Gasteiger partial charge in [-0.15, -0.1) is 11.3 Å². The molecule has 1 aromatic heterocycles. The molecule has 0 saturated heterocycles. The molecule has 0 bridgehead atoms. The largest absolute Gasteiger partial charge is 0.483 e. The molecule has 0 atom stereocenters. The second-order valence-corrected chi connectivity index (χ2v) is 6.97. The number of halogens is 2. The predicted octanol–water partition coefficient (Wildman–Crippen LogP) is 5.92. The molecule has 0 radical (unpaired) electrons. The van der Waals surface area contributed by atoms with Crippen molar-refractivity contribution in [1.82, 2.24) is 0 Å². The van der Waals surface area contributed by atoms with Crippen LogP contribution in [0, 0.1) is 11.6 Å². The third-order valence-electron chi connectivity index (χ3n) is 3.82. The van der Waals surface area contributed by atoms with Crippen LogP contribution in [0.4, 0.5) is 8.78 Å². The fourth-order valence-electron chi connectivity index (χ4n) is 2.51. The van der Waals surface area contributed by atoms with E-state index in [1.165, 1.54) is 30.4 Å². The van der Waals surface area contributed by atoms with Crippen LogP contribution in [0.5, 0.6) is 16.6 Å². The maximum atomic E-state index is 14.2. The van der Waals surface area contributed by atoms with Gasteiger partial charge in [0.1, 0.15) is 18.1 Å². The van der Waals surface area contributed by atoms with Gasteiger partial charge in [-0.25, -0.2) is 8.78 Å². The molecular weight excluding hydrogens is 370 g/mol. The van der Waals surface area contributed by atoms with E-state index in [1.807, 2.05) is 17.5 Å². The zero-order chi connectivity index (χ0) is 19.2. The average Bonchev–Trinajstić information content (AvgIpc) is 3.12. The number of ketones is 1. The Morgan fingerprint density at radius 3 is 2.48 bits per heavy atom. The fraction of sp³-hybridized carbons (Fsp3) is 0.190. The molecule has 0 amide bonds. The van der Waals surface area contributed by atoms with Crippen LogP contribution in [0.2, 0.25) is 0 Å². The molecule has 0 aliphatic carbocycles. The molecule has 140 valence electrons. The van der Waals surface area contributed by atoms with Gasteiger partial charge >= 0.3 is 0 Å². The number of hydrogen-bond acceptors (Lipinski definition) is 4. The van der Waals surface area contributed by atoms with Crippen molar-refractivity contribution in [2.24, 2.45) is 0 Å². The summed E-state index contributed by atoms with van der Waals surface area (Å²) in [5.41, 5.74) is 1.16. The van der Waals surface area contributed by atoms with Gasteiger partial charge < -0.3 is 14.3 Å². The lowest BCUT2D eigenvalue weighted by atomic mass is 10.1. The van der Waals surface area contributed by atoms with Gasteiger partial charge in [0.25, 0.3) is 0 Å². The lowest BCUT2D eigenvalue weighted by molar-refractivity contribution is -0.116. The van der Waals surface area contributed by atoms with E-state index < -0.39 is 17.4 Å². The Morgan fingerprint density at radius 1 is 1.04 bits per heavy atom. The van der Waals surface area contributed by atoms with Crippen LogP contribution < -0.4 is 9.47 Å². The third-order valence-corrected chi connectivity index (χ3v) is 4.56. The van der Waals surface area contributed by atoms with Crippen molar-refractivity contribution in [2.45, 2.75) is 26.4 Å². The number of aryl methyl sites for hydroxylation is 1. The zero-order valence-electron chi connectivity index (χ0n) is 14.7. The maximum absolute atomic E-state index is 14.2. The summed E-state index contributed by atoms with van der Waals surface area (Å²) in [4.78, 5) is 11.0. The second kappa shape index (κ2) is 8.77. The Balaban J connectivity index is 1.66. The zero-order valence-corrected chi connectivity index (χ0v) is 15.5. The van der Waals surface area contributed by atoms with Gasteiger partial charge in [0.15, 0.2) is 22.4 Å². The van der Waals surface area contributed by atoms with E-state index in [0.717, 1.165) is 10.6 Å². The molecule has 3 aromatic rings. The summed E-state index contributed by atoms with van der Waals surface area (Å²) in [5.74, 6) is -1.38. The van der Waals surface area contributed by atoms with Crippen LogP contribution in [0.25, 0.3) is 0 Å². The van der Waals surface area contributed by atoms with Crippen LogP contribution in [0.3, 0.4) is 0 Å². The van der Waals surface area contributed by atoms with Gasteiger partial charge in [-0.1, -0.05) is 12.1 Å². The summed E-state index contributed by atoms with van der Waals surface area (Å²) in [7, 11) is 0. The van der Waals surface area contributed by atoms with Crippen molar-refractivity contribution >= 4 is 17.1 Å². The molecule has 0 fully saturated rings. The van der Waals surface area contributed by atoms with Crippen LogP contribution in [-0.4, -0.2) is 5.78 Å². The standard InChI is InChI=1S/C21H18F2O3S/c1-14(24)7-8-15-11-18(22)21(19(23)12-15)25-13-16-4-2-5-17(10-16)26-20-6-3-9-27-20/h2-6,9-12H,7-8,13H2,1H3. The van der Waals surface area contributed by atoms with Gasteiger partial charge in [-0.2, -0.15) is 0 Å². The van der Waals surface area contributed by atoms with Gasteiger partial charge in [0.05, 0.1) is 0 Å². The summed E-state index contributed by atoms with van der Waals surface area (Å²) >= 11 is 1.47. The molecule has 6 heteroatoms. The maximum Gasteiger partial charge on any atom is 0.191 e. The lowest BCUT2D eigenvalue weighted by Gasteiger charge is -2.11. The first kappa shape index (κ1) is 19.0. The number of rotatable bonds is 8. The molecule has 0 N–H and O–H groups in total. The Morgan fingerprint density at radius 2 is 1.81 bits per heavy atom. The van der Waals surface area contributed by atoms with E-state index in [4.69, 9.17) is 9.47 Å². The molecule has 1 heterocycles. The molecule has 0 saturated carbocycles. The first-order valence-electron chi connectivity index (χ1n) is 8.42. The molecular formula is C21H18F2O3S. The minimum atomic E-state index is -0.778. The quantitative estimate of drug-likeness (QED) is 0.481. The predicted molar refractivity (Wildman–Crippen MR) is 101 cm³/mol. The Bertz CT molecular complexity index is 900. The van der Waals surface area contributed by atoms with Crippen LogP contribution in [-0.2, 0) is 17.8 Å². The van der Waals surface area contributed by atoms with Crippen molar-refractivity contribution in [1.29, 1.82) is 0 Å². The minimum absolute atomic E-state index is 0.00226. The molecule has 27 heavy (non-hydrogen) atoms. The Kier molecular flexibility index (Phi) is 6.19. The highest BCUT2D eigenvalue weighted by atomic mass is 32.1. The van der Waals surface area contributed by atoms with Crippen LogP contribution >= 0.6 is 11.3 Å². The van der Waals surface area contributed by atoms with Crippen molar-refractivity contribution in [3.05, 3.63) is 76.7 Å². The highest BCUT2D eigenvalue weighted by Crippen LogP contribution is 2.28. The summed E-state index contributed by atoms with van der Waals surface area (Å²) in [6.07, 6.45) is 0.543. The lowest BCUT2D eigenvalue weighted by Crippen LogP contribution is -2.02. The van der Waals surface area contributed by atoms with Crippen molar-refractivity contribution in [3.63, 3.8) is 0 Å². The van der Waals surface area contributed by atoms with Gasteiger partial charge in [0, 0.05) is 6.42 Å². The van der Waals surface area contributed by atoms with Crippen molar-refractivity contribution < 1.29 is 23.0 Å². The van der Waals surface area contributed by atoms with E-state index in [9.17, 15) is 13.6 Å². The van der Waals surface area contributed by atoms with Crippen LogP contribution in [0.1, 0.15) is 24.5 Å². The molecule has 0 unspecified atom stereocenters. The summed E-state index contributed by atoms with van der Waals surface area (Å²) < 4.78 is 39.5. The molecule has 0 aliphatic rings. The topological polar surface area (TPSA) is 35.5 Å². The summed E-state index contributed by atoms with van der Waals surface area (Å²) in [5, 5.41) is 2.67. The fourth-order valence-corrected chi connectivity index (χ4v) is 3.10. The average molecular weight is 388 g/mol. The third kappa shape index (κ3) is 5.37. The molecule has 0 spiro atoms. The van der Waals surface area contributed by atoms with E-state index in [1.54, 1.807) is 24.3 Å². The number of hydrogen-bond donors (Lipinski definition) is 0. The first-order chi connectivity index (χ1) is 13.0. The molecule has 3 nitrogen and oxygen atoms in total. The summed E-state index contributed by atoms with van der Waals surface area (Å²) in [6.45, 7) is 1.45. The molecule has 0 aliphatic heterocycles. The van der Waals surface area contributed by atoms with Crippen molar-refractivity contribution in [2.75, 3.05) is 0 Å². The number of carbonyl (C=O) groups is 1. The Labute approximate surface area is 160 Å². The van der Waals surface area contributed by atoms with E-state index in [-0.39, 0.29) is 18.8 Å². The van der Waals surface area contributed by atoms with E-state index in [0.29, 0.717) is 17.7 Å². The molecule has 2 aromatic carbocycles. The molecule has 3 rings (SSSR count). The van der Waals surface area contributed by atoms with E-state index >= 15 is 0 Å². The van der Waals surface area contributed by atoms with Gasteiger partial charge in [-0.05, 0) is 66.2 Å².